The predicted molar refractivity (Wildman–Crippen MR) is 105 cm³/mol. The van der Waals surface area contributed by atoms with Crippen molar-refractivity contribution in [2.75, 3.05) is 5.32 Å². The molecule has 0 spiro atoms. The highest BCUT2D eigenvalue weighted by molar-refractivity contribution is 6.10. The lowest BCUT2D eigenvalue weighted by Crippen LogP contribution is -2.42. The highest BCUT2D eigenvalue weighted by Crippen LogP contribution is 2.40. The van der Waals surface area contributed by atoms with Crippen LogP contribution in [0.25, 0.3) is 0 Å². The van der Waals surface area contributed by atoms with E-state index >= 15 is 0 Å². The molecule has 1 saturated carbocycles. The zero-order valence-corrected chi connectivity index (χ0v) is 15.9. The highest BCUT2D eigenvalue weighted by atomic mass is 19.3. The third-order valence-corrected chi connectivity index (χ3v) is 5.17. The van der Waals surface area contributed by atoms with E-state index in [1.165, 1.54) is 6.20 Å². The normalized spacial score (nSPS) is 22.7. The first-order valence-electron chi connectivity index (χ1n) is 9.44. The van der Waals surface area contributed by atoms with Crippen molar-refractivity contribution in [3.8, 4) is 0 Å². The molecule has 1 fully saturated rings. The van der Waals surface area contributed by atoms with E-state index in [4.69, 9.17) is 0 Å². The summed E-state index contributed by atoms with van der Waals surface area (Å²) in [6.45, 7) is 4.05. The SMILES string of the molecule is [CH2][C@@H]1C[C@@H](Nc2ncncc2C(=O)c2ccn(Cc3ccccc3)n2)C(F)(F)[C@@H]1O. The first kappa shape index (κ1) is 20.1. The van der Waals surface area contributed by atoms with Crippen LogP contribution < -0.4 is 5.32 Å². The van der Waals surface area contributed by atoms with Gasteiger partial charge in [0, 0.05) is 12.4 Å². The predicted octanol–water partition coefficient (Wildman–Crippen LogP) is 2.58. The number of halogens is 2. The lowest BCUT2D eigenvalue weighted by Gasteiger charge is -2.23. The summed E-state index contributed by atoms with van der Waals surface area (Å²) in [5, 5.41) is 16.6. The zero-order valence-electron chi connectivity index (χ0n) is 15.9. The van der Waals surface area contributed by atoms with Crippen molar-refractivity contribution in [2.45, 2.75) is 31.0 Å². The van der Waals surface area contributed by atoms with Crippen molar-refractivity contribution in [3.05, 3.63) is 78.9 Å². The van der Waals surface area contributed by atoms with E-state index in [9.17, 15) is 18.7 Å². The molecule has 2 heterocycles. The van der Waals surface area contributed by atoms with Crippen LogP contribution in [0.2, 0.25) is 0 Å². The van der Waals surface area contributed by atoms with Crippen molar-refractivity contribution >= 4 is 11.6 Å². The molecule has 3 atom stereocenters. The fourth-order valence-corrected chi connectivity index (χ4v) is 3.52. The number of anilines is 1. The van der Waals surface area contributed by atoms with E-state index in [0.717, 1.165) is 11.9 Å². The smallest absolute Gasteiger partial charge is 0.293 e. The Morgan fingerprint density at radius 3 is 2.77 bits per heavy atom. The number of alkyl halides is 2. The molecule has 1 radical (unpaired) electrons. The van der Waals surface area contributed by atoms with Gasteiger partial charge < -0.3 is 10.4 Å². The van der Waals surface area contributed by atoms with E-state index in [0.29, 0.717) is 6.54 Å². The number of benzene rings is 1. The maximum Gasteiger partial charge on any atom is 0.293 e. The molecule has 0 amide bonds. The van der Waals surface area contributed by atoms with Crippen LogP contribution in [-0.2, 0) is 6.54 Å². The van der Waals surface area contributed by atoms with Crippen molar-refractivity contribution in [3.63, 3.8) is 0 Å². The van der Waals surface area contributed by atoms with Gasteiger partial charge in [0.2, 0.25) is 5.78 Å². The molecule has 1 aliphatic carbocycles. The van der Waals surface area contributed by atoms with Crippen molar-refractivity contribution in [1.29, 1.82) is 0 Å². The first-order chi connectivity index (χ1) is 14.4. The number of nitrogens with one attached hydrogen (secondary N) is 1. The Bertz CT molecular complexity index is 1040. The summed E-state index contributed by atoms with van der Waals surface area (Å²) in [7, 11) is 0. The molecule has 0 saturated heterocycles. The van der Waals surface area contributed by atoms with Crippen LogP contribution in [0, 0.1) is 12.8 Å². The number of ketones is 1. The molecule has 3 aromatic rings. The lowest BCUT2D eigenvalue weighted by molar-refractivity contribution is -0.0988. The number of aromatic nitrogens is 4. The van der Waals surface area contributed by atoms with Gasteiger partial charge >= 0.3 is 0 Å². The number of rotatable bonds is 6. The fourth-order valence-electron chi connectivity index (χ4n) is 3.52. The monoisotopic (exact) mass is 412 g/mol. The molecule has 0 bridgehead atoms. The van der Waals surface area contributed by atoms with Crippen molar-refractivity contribution < 1.29 is 18.7 Å². The Kier molecular flexibility index (Phi) is 5.29. The fraction of sp³-hybridized carbons (Fsp3) is 0.286. The Hall–Kier alpha value is -3.20. The van der Waals surface area contributed by atoms with Crippen LogP contribution in [-0.4, -0.2) is 48.7 Å². The first-order valence-corrected chi connectivity index (χ1v) is 9.44. The highest BCUT2D eigenvalue weighted by Gasteiger charge is 2.55. The van der Waals surface area contributed by atoms with Crippen LogP contribution >= 0.6 is 0 Å². The summed E-state index contributed by atoms with van der Waals surface area (Å²) in [4.78, 5) is 20.8. The number of nitrogens with zero attached hydrogens (tertiary/aromatic N) is 4. The third kappa shape index (κ3) is 3.80. The van der Waals surface area contributed by atoms with E-state index < -0.39 is 29.8 Å². The van der Waals surface area contributed by atoms with Crippen LogP contribution in [0.5, 0.6) is 0 Å². The number of carbonyl (C=O) groups is 1. The number of carbonyl (C=O) groups excluding carboxylic acids is 1. The molecule has 4 rings (SSSR count). The standard InChI is InChI=1S/C21H20F2N5O2/c1-13-9-17(21(22,23)19(13)30)26-20-15(10-24-12-25-20)18(29)16-7-8-28(27-16)11-14-5-3-2-4-6-14/h2-8,10,12-13,17,19,30H,1,9,11H2,(H,24,25,26)/t13-,17-,19-/m1/s1. The molecule has 2 aromatic heterocycles. The van der Waals surface area contributed by atoms with E-state index in [-0.39, 0.29) is 23.5 Å². The molecule has 1 aliphatic rings. The van der Waals surface area contributed by atoms with Gasteiger partial charge in [-0.05, 0) is 30.9 Å². The number of hydrogen-bond donors (Lipinski definition) is 2. The van der Waals surface area contributed by atoms with Gasteiger partial charge in [-0.15, -0.1) is 0 Å². The molecule has 0 aliphatic heterocycles. The van der Waals surface area contributed by atoms with Gasteiger partial charge in [-0.1, -0.05) is 30.3 Å². The second-order valence-electron chi connectivity index (χ2n) is 7.31. The number of aliphatic hydroxyl groups is 1. The van der Waals surface area contributed by atoms with Crippen LogP contribution in [0.3, 0.4) is 0 Å². The minimum atomic E-state index is -3.39. The van der Waals surface area contributed by atoms with E-state index in [1.54, 1.807) is 16.9 Å². The molecule has 0 unspecified atom stereocenters. The summed E-state index contributed by atoms with van der Waals surface area (Å²) in [5.41, 5.74) is 1.20. The van der Waals surface area contributed by atoms with Gasteiger partial charge in [0.05, 0.1) is 18.2 Å². The van der Waals surface area contributed by atoms with Gasteiger partial charge in [-0.25, -0.2) is 18.7 Å². The lowest BCUT2D eigenvalue weighted by atomic mass is 10.1. The van der Waals surface area contributed by atoms with Gasteiger partial charge in [0.25, 0.3) is 5.92 Å². The summed E-state index contributed by atoms with van der Waals surface area (Å²) < 4.78 is 30.2. The second kappa shape index (κ2) is 7.91. The van der Waals surface area contributed by atoms with Crippen molar-refractivity contribution in [1.82, 2.24) is 19.7 Å². The Balaban J connectivity index is 1.55. The molecule has 30 heavy (non-hydrogen) atoms. The van der Waals surface area contributed by atoms with Gasteiger partial charge in [-0.3, -0.25) is 9.48 Å². The van der Waals surface area contributed by atoms with Crippen LogP contribution in [0.1, 0.15) is 28.0 Å². The number of aliphatic hydroxyl groups excluding tert-OH is 1. The summed E-state index contributed by atoms with van der Waals surface area (Å²) in [6, 6.07) is 9.79. The van der Waals surface area contributed by atoms with Gasteiger partial charge in [0.1, 0.15) is 23.9 Å². The Morgan fingerprint density at radius 2 is 2.07 bits per heavy atom. The van der Waals surface area contributed by atoms with Crippen molar-refractivity contribution in [2.24, 2.45) is 5.92 Å². The Labute approximate surface area is 171 Å². The maximum atomic E-state index is 14.3. The zero-order chi connectivity index (χ0) is 21.3. The van der Waals surface area contributed by atoms with Gasteiger partial charge in [0.15, 0.2) is 0 Å². The molecule has 9 heteroatoms. The quantitative estimate of drug-likeness (QED) is 0.605. The van der Waals surface area contributed by atoms with Gasteiger partial charge in [-0.2, -0.15) is 5.10 Å². The minimum absolute atomic E-state index is 0.0280. The molecule has 2 N–H and O–H groups in total. The largest absolute Gasteiger partial charge is 0.386 e. The van der Waals surface area contributed by atoms with E-state index in [1.807, 2.05) is 30.3 Å². The average molecular weight is 412 g/mol. The third-order valence-electron chi connectivity index (χ3n) is 5.17. The summed E-state index contributed by atoms with van der Waals surface area (Å²) >= 11 is 0. The number of hydrogen-bond acceptors (Lipinski definition) is 6. The van der Waals surface area contributed by atoms with Crippen LogP contribution in [0.15, 0.2) is 55.1 Å². The molecule has 155 valence electrons. The summed E-state index contributed by atoms with van der Waals surface area (Å²) in [6.07, 6.45) is 2.19. The average Bonchev–Trinajstić information content (AvgIpc) is 3.28. The molecular formula is C21H20F2N5O2. The molecular weight excluding hydrogens is 392 g/mol. The van der Waals surface area contributed by atoms with E-state index in [2.05, 4.69) is 27.3 Å². The topological polar surface area (TPSA) is 92.9 Å². The second-order valence-corrected chi connectivity index (χ2v) is 7.31. The molecule has 7 nitrogen and oxygen atoms in total. The molecule has 1 aromatic carbocycles. The Morgan fingerprint density at radius 1 is 1.30 bits per heavy atom. The summed E-state index contributed by atoms with van der Waals surface area (Å²) in [5.74, 6) is -4.74. The van der Waals surface area contributed by atoms with Crippen LogP contribution in [0.4, 0.5) is 14.6 Å². The maximum absolute atomic E-state index is 14.3. The minimum Gasteiger partial charge on any atom is -0.386 e.